The van der Waals surface area contributed by atoms with Crippen LogP contribution in [0.4, 0.5) is 0 Å². The normalized spacial score (nSPS) is 13.3. The van der Waals surface area contributed by atoms with Gasteiger partial charge in [0, 0.05) is 0 Å². The molecule has 0 aliphatic heterocycles. The van der Waals surface area contributed by atoms with Crippen molar-refractivity contribution < 1.29 is 8.76 Å². The molecule has 0 aromatic rings. The highest BCUT2D eigenvalue weighted by Gasteiger charge is 1.88. The van der Waals surface area contributed by atoms with Crippen molar-refractivity contribution >= 4 is 11.1 Å². The van der Waals surface area contributed by atoms with Gasteiger partial charge in [0.05, 0.1) is 12.3 Å². The molecule has 42 valence electrons. The highest BCUT2D eigenvalue weighted by molar-refractivity contribution is 7.79. The lowest BCUT2D eigenvalue weighted by Gasteiger charge is -1.80. The first-order valence-corrected chi connectivity index (χ1v) is 2.91. The summed E-state index contributed by atoms with van der Waals surface area (Å²) in [7, 11) is 0. The van der Waals surface area contributed by atoms with Gasteiger partial charge in [0.1, 0.15) is 0 Å². The summed E-state index contributed by atoms with van der Waals surface area (Å²) in [5.41, 5.74) is 0. The molecule has 0 aromatic heterocycles. The maximum Gasteiger partial charge on any atom is 0.154 e. The molecule has 0 heterocycles. The predicted molar refractivity (Wildman–Crippen MR) is 26.3 cm³/mol. The minimum absolute atomic E-state index is 0.0521. The summed E-state index contributed by atoms with van der Waals surface area (Å²) in [6, 6.07) is 0. The monoisotopic (exact) mass is 123 g/mol. The van der Waals surface area contributed by atoms with Gasteiger partial charge < -0.3 is 4.55 Å². The zero-order valence-corrected chi connectivity index (χ0v) is 4.35. The molecule has 0 bridgehead atoms. The van der Waals surface area contributed by atoms with Crippen LogP contribution in [0.15, 0.2) is 5.18 Å². The molecule has 0 fully saturated rings. The van der Waals surface area contributed by atoms with Gasteiger partial charge in [-0.1, -0.05) is 5.18 Å². The van der Waals surface area contributed by atoms with Crippen LogP contribution in [0, 0.1) is 4.91 Å². The fourth-order valence-electron chi connectivity index (χ4n) is 0.115. The van der Waals surface area contributed by atoms with Gasteiger partial charge in [-0.05, 0) is 0 Å². The van der Waals surface area contributed by atoms with Crippen LogP contribution < -0.4 is 0 Å². The van der Waals surface area contributed by atoms with Crippen molar-refractivity contribution in [3.8, 4) is 0 Å². The van der Waals surface area contributed by atoms with Crippen molar-refractivity contribution in [3.05, 3.63) is 4.91 Å². The molecule has 0 amide bonds. The molecule has 4 nitrogen and oxygen atoms in total. The van der Waals surface area contributed by atoms with Crippen molar-refractivity contribution in [2.75, 3.05) is 12.3 Å². The van der Waals surface area contributed by atoms with Gasteiger partial charge in [0.2, 0.25) is 0 Å². The minimum Gasteiger partial charge on any atom is -0.306 e. The van der Waals surface area contributed by atoms with E-state index in [2.05, 4.69) is 5.18 Å². The Bertz CT molecular complexity index is 83.0. The molecule has 1 atom stereocenters. The molecule has 0 aromatic carbocycles. The lowest BCUT2D eigenvalue weighted by molar-refractivity contribution is 0.564. The molecule has 0 radical (unpaired) electrons. The molecule has 5 heteroatoms. The highest BCUT2D eigenvalue weighted by Crippen LogP contribution is 1.72. The third-order valence-electron chi connectivity index (χ3n) is 0.357. The van der Waals surface area contributed by atoms with E-state index >= 15 is 0 Å². The van der Waals surface area contributed by atoms with Gasteiger partial charge in [-0.15, -0.1) is 0 Å². The molecule has 0 aliphatic carbocycles. The summed E-state index contributed by atoms with van der Waals surface area (Å²) in [6.45, 7) is -0.0802. The van der Waals surface area contributed by atoms with E-state index in [4.69, 9.17) is 4.55 Å². The van der Waals surface area contributed by atoms with Gasteiger partial charge in [0.25, 0.3) is 0 Å². The average molecular weight is 123 g/mol. The molecule has 0 spiro atoms. The Hall–Kier alpha value is -0.290. The van der Waals surface area contributed by atoms with Crippen molar-refractivity contribution in [3.63, 3.8) is 0 Å². The molecule has 1 N–H and O–H groups in total. The van der Waals surface area contributed by atoms with Crippen molar-refractivity contribution in [1.82, 2.24) is 0 Å². The van der Waals surface area contributed by atoms with Crippen molar-refractivity contribution in [2.24, 2.45) is 5.18 Å². The Morgan fingerprint density at radius 2 is 2.29 bits per heavy atom. The van der Waals surface area contributed by atoms with Gasteiger partial charge in [-0.25, -0.2) is 4.21 Å². The number of hydrogen-bond acceptors (Lipinski definition) is 3. The molecule has 0 aliphatic rings. The first-order valence-electron chi connectivity index (χ1n) is 1.64. The van der Waals surface area contributed by atoms with Crippen LogP contribution in [0.1, 0.15) is 0 Å². The Kier molecular flexibility index (Phi) is 3.72. The van der Waals surface area contributed by atoms with E-state index in [1.807, 2.05) is 0 Å². The second-order valence-electron chi connectivity index (χ2n) is 0.878. The standard InChI is InChI=1S/C2H5NO3S/c4-3-1-2-7(5)6/h1-2H2,(H,5,6). The lowest BCUT2D eigenvalue weighted by atomic mass is 10.8. The molecule has 0 rings (SSSR count). The number of nitroso groups, excluding NO2 is 1. The van der Waals surface area contributed by atoms with E-state index in [-0.39, 0.29) is 12.3 Å². The molecular weight excluding hydrogens is 118 g/mol. The number of rotatable bonds is 3. The fraction of sp³-hybridized carbons (Fsp3) is 1.00. The first-order chi connectivity index (χ1) is 3.27. The summed E-state index contributed by atoms with van der Waals surface area (Å²) in [6.07, 6.45) is 0. The van der Waals surface area contributed by atoms with E-state index in [0.29, 0.717) is 0 Å². The van der Waals surface area contributed by atoms with Gasteiger partial charge in [-0.2, -0.15) is 4.91 Å². The van der Waals surface area contributed by atoms with Crippen LogP contribution in [0.5, 0.6) is 0 Å². The maximum atomic E-state index is 9.67. The van der Waals surface area contributed by atoms with Crippen LogP contribution >= 0.6 is 0 Å². The van der Waals surface area contributed by atoms with Crippen LogP contribution in [-0.2, 0) is 11.1 Å². The predicted octanol–water partition coefficient (Wildman–Crippen LogP) is -0.0255. The number of nitrogens with zero attached hydrogens (tertiary/aromatic N) is 1. The van der Waals surface area contributed by atoms with E-state index < -0.39 is 11.1 Å². The second kappa shape index (κ2) is 3.89. The zero-order chi connectivity index (χ0) is 5.70. The third-order valence-corrected chi connectivity index (χ3v) is 0.889. The minimum atomic E-state index is -1.86. The Labute approximate surface area is 43.2 Å². The summed E-state index contributed by atoms with van der Waals surface area (Å²) in [4.78, 5) is 9.21. The lowest BCUT2D eigenvalue weighted by Crippen LogP contribution is -1.96. The van der Waals surface area contributed by atoms with Gasteiger partial charge in [-0.3, -0.25) is 0 Å². The second-order valence-corrected chi connectivity index (χ2v) is 1.93. The molecular formula is C2H5NO3S. The molecule has 1 unspecified atom stereocenters. The van der Waals surface area contributed by atoms with Crippen LogP contribution in [-0.4, -0.2) is 21.1 Å². The van der Waals surface area contributed by atoms with Crippen molar-refractivity contribution in [2.45, 2.75) is 0 Å². The van der Waals surface area contributed by atoms with Crippen LogP contribution in [0.2, 0.25) is 0 Å². The molecule has 0 saturated carbocycles. The Morgan fingerprint density at radius 3 is 2.43 bits per heavy atom. The largest absolute Gasteiger partial charge is 0.306 e. The third kappa shape index (κ3) is 5.71. The van der Waals surface area contributed by atoms with E-state index in [9.17, 15) is 9.12 Å². The Morgan fingerprint density at radius 1 is 1.71 bits per heavy atom. The SMILES string of the molecule is O=NCCS(=O)O. The first kappa shape index (κ1) is 6.71. The Balaban J connectivity index is 2.97. The highest BCUT2D eigenvalue weighted by atomic mass is 32.2. The quantitative estimate of drug-likeness (QED) is 0.423. The topological polar surface area (TPSA) is 66.7 Å². The fourth-order valence-corrected chi connectivity index (χ4v) is 0.346. The average Bonchev–Trinajstić information content (AvgIpc) is 1.61. The van der Waals surface area contributed by atoms with Gasteiger partial charge >= 0.3 is 0 Å². The molecule has 7 heavy (non-hydrogen) atoms. The summed E-state index contributed by atoms with van der Waals surface area (Å²) >= 11 is -1.86. The van der Waals surface area contributed by atoms with Crippen molar-refractivity contribution in [1.29, 1.82) is 0 Å². The summed E-state index contributed by atoms with van der Waals surface area (Å²) in [5.74, 6) is -0.0521. The van der Waals surface area contributed by atoms with Crippen LogP contribution in [0.25, 0.3) is 0 Å². The smallest absolute Gasteiger partial charge is 0.154 e. The summed E-state index contributed by atoms with van der Waals surface area (Å²) in [5, 5.41) is 2.37. The maximum absolute atomic E-state index is 9.67. The number of hydrogen-bond donors (Lipinski definition) is 1. The van der Waals surface area contributed by atoms with E-state index in [0.717, 1.165) is 0 Å². The van der Waals surface area contributed by atoms with E-state index in [1.54, 1.807) is 0 Å². The summed E-state index contributed by atoms with van der Waals surface area (Å²) < 4.78 is 17.6. The zero-order valence-electron chi connectivity index (χ0n) is 3.53. The molecule has 0 saturated heterocycles. The van der Waals surface area contributed by atoms with Gasteiger partial charge in [0.15, 0.2) is 11.1 Å². The van der Waals surface area contributed by atoms with E-state index in [1.165, 1.54) is 0 Å². The van der Waals surface area contributed by atoms with Crippen LogP contribution in [0.3, 0.4) is 0 Å².